The minimum atomic E-state index is -0.181. The molecule has 3 heterocycles. The largest absolute Gasteiger partial charge is 0.379 e. The van der Waals surface area contributed by atoms with Crippen LogP contribution in [0.5, 0.6) is 0 Å². The van der Waals surface area contributed by atoms with E-state index in [0.29, 0.717) is 23.2 Å². The molecule has 0 unspecified atom stereocenters. The van der Waals surface area contributed by atoms with Gasteiger partial charge in [0.1, 0.15) is 0 Å². The summed E-state index contributed by atoms with van der Waals surface area (Å²) in [5.74, 6) is -0.181. The van der Waals surface area contributed by atoms with Crippen LogP contribution in [0.4, 0.5) is 5.69 Å². The molecule has 1 saturated carbocycles. The van der Waals surface area contributed by atoms with E-state index in [1.807, 2.05) is 32.2 Å². The highest BCUT2D eigenvalue weighted by molar-refractivity contribution is 5.99. The number of nitrogens with zero attached hydrogens (tertiary/aromatic N) is 4. The zero-order valence-electron chi connectivity index (χ0n) is 27.9. The van der Waals surface area contributed by atoms with E-state index in [1.54, 1.807) is 0 Å². The van der Waals surface area contributed by atoms with Crippen LogP contribution in [0.15, 0.2) is 41.3 Å². The molecule has 242 valence electrons. The van der Waals surface area contributed by atoms with Gasteiger partial charge in [0, 0.05) is 79.1 Å². The number of anilines is 1. The van der Waals surface area contributed by atoms with E-state index in [9.17, 15) is 9.59 Å². The average Bonchev–Trinajstić information content (AvgIpc) is 3.02. The van der Waals surface area contributed by atoms with Gasteiger partial charge in [0.15, 0.2) is 0 Å². The summed E-state index contributed by atoms with van der Waals surface area (Å²) in [6, 6.07) is 11.4. The summed E-state index contributed by atoms with van der Waals surface area (Å²) in [6.45, 7) is 13.2. The summed E-state index contributed by atoms with van der Waals surface area (Å²) in [5.41, 5.74) is 7.75. The first-order chi connectivity index (χ1) is 21.6. The van der Waals surface area contributed by atoms with Gasteiger partial charge in [-0.1, -0.05) is 6.07 Å². The molecule has 0 spiro atoms. The molecule has 1 aliphatic carbocycles. The molecule has 3 aromatic rings. The van der Waals surface area contributed by atoms with Gasteiger partial charge in [-0.3, -0.25) is 19.5 Å². The van der Waals surface area contributed by atoms with Crippen LogP contribution in [-0.2, 0) is 17.8 Å². The van der Waals surface area contributed by atoms with E-state index in [4.69, 9.17) is 9.72 Å². The highest BCUT2D eigenvalue weighted by Crippen LogP contribution is 2.35. The van der Waals surface area contributed by atoms with E-state index in [0.717, 1.165) is 91.6 Å². The number of H-pyrrole nitrogens is 1. The third-order valence-electron chi connectivity index (χ3n) is 9.68. The van der Waals surface area contributed by atoms with Crippen molar-refractivity contribution >= 4 is 11.6 Å². The van der Waals surface area contributed by atoms with Crippen LogP contribution in [0.2, 0.25) is 0 Å². The third-order valence-corrected chi connectivity index (χ3v) is 9.68. The second kappa shape index (κ2) is 14.7. The number of benzene rings is 1. The Morgan fingerprint density at radius 1 is 1.02 bits per heavy atom. The Hall–Kier alpha value is -3.53. The number of carbonyl (C=O) groups is 1. The van der Waals surface area contributed by atoms with E-state index in [-0.39, 0.29) is 18.0 Å². The van der Waals surface area contributed by atoms with E-state index >= 15 is 0 Å². The first-order valence-electron chi connectivity index (χ1n) is 16.4. The Balaban J connectivity index is 1.46. The molecule has 2 aromatic heterocycles. The Morgan fingerprint density at radius 3 is 2.36 bits per heavy atom. The van der Waals surface area contributed by atoms with Crippen molar-refractivity contribution < 1.29 is 9.53 Å². The molecule has 1 aromatic carbocycles. The second-order valence-electron chi connectivity index (χ2n) is 12.9. The lowest BCUT2D eigenvalue weighted by molar-refractivity contribution is 0.0336. The first kappa shape index (κ1) is 32.9. The summed E-state index contributed by atoms with van der Waals surface area (Å²) in [4.78, 5) is 41.4. The SMILES string of the molecule is CCN(c1cc(-c2ccc(CN3CCOCC3)nc2)cc(C(=O)NCc2c(C)cc(C)[nH]c2=O)c1C)[C@H]1CC[C@H](N(C)C)CC1. The molecule has 0 atom stereocenters. The Morgan fingerprint density at radius 2 is 1.73 bits per heavy atom. The van der Waals surface area contributed by atoms with Gasteiger partial charge in [0.25, 0.3) is 11.5 Å². The number of pyridine rings is 2. The topological polar surface area (TPSA) is 93.8 Å². The van der Waals surface area contributed by atoms with Gasteiger partial charge in [0.05, 0.1) is 18.9 Å². The van der Waals surface area contributed by atoms with Crippen LogP contribution < -0.4 is 15.8 Å². The number of hydrogen-bond acceptors (Lipinski definition) is 7. The van der Waals surface area contributed by atoms with Gasteiger partial charge >= 0.3 is 0 Å². The van der Waals surface area contributed by atoms with Crippen molar-refractivity contribution in [1.82, 2.24) is 25.1 Å². The number of morpholine rings is 1. The Kier molecular flexibility index (Phi) is 10.7. The number of ether oxygens (including phenoxy) is 1. The van der Waals surface area contributed by atoms with E-state index in [1.165, 1.54) is 12.8 Å². The van der Waals surface area contributed by atoms with E-state index < -0.39 is 0 Å². The van der Waals surface area contributed by atoms with E-state index in [2.05, 4.69) is 71.1 Å². The summed E-state index contributed by atoms with van der Waals surface area (Å²) < 4.78 is 5.49. The molecule has 2 N–H and O–H groups in total. The van der Waals surface area contributed by atoms with Crippen LogP contribution in [-0.4, -0.2) is 84.7 Å². The van der Waals surface area contributed by atoms with Gasteiger partial charge in [-0.05, 0) is 108 Å². The maximum Gasteiger partial charge on any atom is 0.253 e. The predicted molar refractivity (Wildman–Crippen MR) is 181 cm³/mol. The highest BCUT2D eigenvalue weighted by atomic mass is 16.5. The lowest BCUT2D eigenvalue weighted by atomic mass is 9.88. The monoisotopic (exact) mass is 614 g/mol. The predicted octanol–water partition coefficient (Wildman–Crippen LogP) is 4.82. The molecule has 5 rings (SSSR count). The maximum atomic E-state index is 13.9. The minimum Gasteiger partial charge on any atom is -0.379 e. The number of hydrogen-bond donors (Lipinski definition) is 2. The van der Waals surface area contributed by atoms with Gasteiger partial charge in [-0.2, -0.15) is 0 Å². The fourth-order valence-electron chi connectivity index (χ4n) is 6.95. The number of carbonyl (C=O) groups excluding carboxylic acids is 1. The number of nitrogens with one attached hydrogen (secondary N) is 2. The molecule has 1 saturated heterocycles. The van der Waals surface area contributed by atoms with Gasteiger partial charge in [-0.15, -0.1) is 0 Å². The molecule has 1 aliphatic heterocycles. The summed E-state index contributed by atoms with van der Waals surface area (Å²) in [6.07, 6.45) is 6.50. The summed E-state index contributed by atoms with van der Waals surface area (Å²) >= 11 is 0. The number of aryl methyl sites for hydroxylation is 2. The van der Waals surface area contributed by atoms with Crippen LogP contribution in [0.25, 0.3) is 11.1 Å². The zero-order valence-corrected chi connectivity index (χ0v) is 27.9. The number of rotatable bonds is 10. The van der Waals surface area contributed by atoms with Crippen LogP contribution in [0.3, 0.4) is 0 Å². The summed E-state index contributed by atoms with van der Waals surface area (Å²) in [5, 5.41) is 3.06. The fourth-order valence-corrected chi connectivity index (χ4v) is 6.95. The smallest absolute Gasteiger partial charge is 0.253 e. The standard InChI is InChI=1S/C36H50N6O3/c1-7-42(31-12-10-30(11-13-31)40(5)6)34-20-28(27-8-9-29(37-21-27)23-41-14-16-45-17-15-41)19-32(26(34)4)35(43)38-22-33-24(2)18-25(3)39-36(33)44/h8-9,18-21,30-31H,7,10-17,22-23H2,1-6H3,(H,38,43)(H,39,44)/t30-,31-. The van der Waals surface area contributed by atoms with Crippen molar-refractivity contribution in [3.05, 3.63) is 80.5 Å². The molecule has 45 heavy (non-hydrogen) atoms. The van der Waals surface area contributed by atoms with Crippen molar-refractivity contribution in [3.63, 3.8) is 0 Å². The lowest BCUT2D eigenvalue weighted by Gasteiger charge is -2.40. The molecule has 9 nitrogen and oxygen atoms in total. The van der Waals surface area contributed by atoms with Crippen molar-refractivity contribution in [2.24, 2.45) is 0 Å². The van der Waals surface area contributed by atoms with Crippen LogP contribution in [0.1, 0.15) is 71.0 Å². The minimum absolute atomic E-state index is 0.160. The molecule has 0 radical (unpaired) electrons. The summed E-state index contributed by atoms with van der Waals surface area (Å²) in [7, 11) is 4.35. The number of aromatic nitrogens is 2. The average molecular weight is 615 g/mol. The van der Waals surface area contributed by atoms with Crippen molar-refractivity contribution in [2.45, 2.75) is 78.6 Å². The van der Waals surface area contributed by atoms with Gasteiger partial charge in [0.2, 0.25) is 0 Å². The second-order valence-corrected chi connectivity index (χ2v) is 12.9. The molecular formula is C36H50N6O3. The van der Waals surface area contributed by atoms with Crippen molar-refractivity contribution in [3.8, 4) is 11.1 Å². The number of aromatic amines is 1. The van der Waals surface area contributed by atoms with Gasteiger partial charge in [-0.25, -0.2) is 0 Å². The van der Waals surface area contributed by atoms with Crippen molar-refractivity contribution in [2.75, 3.05) is 51.8 Å². The Labute approximate surface area is 268 Å². The number of amides is 1. The zero-order chi connectivity index (χ0) is 32.1. The third kappa shape index (κ3) is 7.83. The van der Waals surface area contributed by atoms with Crippen LogP contribution in [0, 0.1) is 20.8 Å². The fraction of sp³-hybridized carbons (Fsp3) is 0.528. The van der Waals surface area contributed by atoms with Crippen molar-refractivity contribution in [1.29, 1.82) is 0 Å². The quantitative estimate of drug-likeness (QED) is 0.338. The molecule has 0 bridgehead atoms. The Bertz CT molecular complexity index is 1520. The molecule has 2 fully saturated rings. The normalized spacial score (nSPS) is 19.1. The first-order valence-corrected chi connectivity index (χ1v) is 16.4. The molecular weight excluding hydrogens is 564 g/mol. The maximum absolute atomic E-state index is 13.9. The molecule has 2 aliphatic rings. The molecule has 1 amide bonds. The van der Waals surface area contributed by atoms with Crippen LogP contribution >= 0.6 is 0 Å². The lowest BCUT2D eigenvalue weighted by Crippen LogP contribution is -2.42. The van der Waals surface area contributed by atoms with Gasteiger partial charge < -0.3 is 24.8 Å². The highest BCUT2D eigenvalue weighted by Gasteiger charge is 2.28. The molecule has 9 heteroatoms.